The van der Waals surface area contributed by atoms with E-state index in [-0.39, 0.29) is 16.4 Å². The zero-order chi connectivity index (χ0) is 13.3. The first-order chi connectivity index (χ1) is 8.44. The van der Waals surface area contributed by atoms with Gasteiger partial charge in [-0.3, -0.25) is 0 Å². The van der Waals surface area contributed by atoms with Crippen molar-refractivity contribution >= 4 is 27.3 Å². The topological polar surface area (TPSA) is 103 Å². The van der Waals surface area contributed by atoms with Crippen molar-refractivity contribution in [2.24, 2.45) is 0 Å². The standard InChI is InChI=1S/C9H10ClN5O2S/c1-12-18(16,17)8-2-7(11)4-13-9(8)15-5-6(10)3-14-15/h2-5,12H,11H2,1H3. The van der Waals surface area contributed by atoms with E-state index in [1.54, 1.807) is 0 Å². The van der Waals surface area contributed by atoms with Gasteiger partial charge >= 0.3 is 0 Å². The summed E-state index contributed by atoms with van der Waals surface area (Å²) < 4.78 is 27.2. The van der Waals surface area contributed by atoms with Crippen molar-refractivity contribution in [3.63, 3.8) is 0 Å². The number of halogens is 1. The lowest BCUT2D eigenvalue weighted by Crippen LogP contribution is -2.21. The molecule has 0 aliphatic carbocycles. The van der Waals surface area contributed by atoms with Crippen LogP contribution < -0.4 is 10.5 Å². The average molecular weight is 288 g/mol. The molecule has 2 heterocycles. The highest BCUT2D eigenvalue weighted by Gasteiger charge is 2.20. The van der Waals surface area contributed by atoms with Crippen molar-refractivity contribution in [3.8, 4) is 5.82 Å². The third-order valence-electron chi connectivity index (χ3n) is 2.18. The molecule has 0 aliphatic heterocycles. The van der Waals surface area contributed by atoms with Crippen LogP contribution in [0.25, 0.3) is 5.82 Å². The Bertz CT molecular complexity index is 682. The molecule has 18 heavy (non-hydrogen) atoms. The van der Waals surface area contributed by atoms with Crippen LogP contribution in [0.3, 0.4) is 0 Å². The largest absolute Gasteiger partial charge is 0.397 e. The van der Waals surface area contributed by atoms with Crippen molar-refractivity contribution in [2.45, 2.75) is 4.90 Å². The average Bonchev–Trinajstić information content (AvgIpc) is 2.75. The maximum Gasteiger partial charge on any atom is 0.244 e. The third kappa shape index (κ3) is 2.30. The van der Waals surface area contributed by atoms with E-state index < -0.39 is 10.0 Å². The van der Waals surface area contributed by atoms with Gasteiger partial charge in [0.25, 0.3) is 0 Å². The van der Waals surface area contributed by atoms with Crippen LogP contribution in [-0.2, 0) is 10.0 Å². The van der Waals surface area contributed by atoms with Crippen LogP contribution >= 0.6 is 11.6 Å². The second-order valence-electron chi connectivity index (χ2n) is 3.40. The van der Waals surface area contributed by atoms with Crippen LogP contribution in [0.15, 0.2) is 29.6 Å². The van der Waals surface area contributed by atoms with E-state index >= 15 is 0 Å². The Balaban J connectivity index is 2.69. The summed E-state index contributed by atoms with van der Waals surface area (Å²) in [6.45, 7) is 0. The molecule has 0 bridgehead atoms. The number of pyridine rings is 1. The fourth-order valence-electron chi connectivity index (χ4n) is 1.35. The number of nitrogen functional groups attached to an aromatic ring is 1. The smallest absolute Gasteiger partial charge is 0.244 e. The highest BCUT2D eigenvalue weighted by molar-refractivity contribution is 7.89. The van der Waals surface area contributed by atoms with Crippen LogP contribution in [-0.4, -0.2) is 30.2 Å². The van der Waals surface area contributed by atoms with E-state index in [2.05, 4.69) is 14.8 Å². The summed E-state index contributed by atoms with van der Waals surface area (Å²) in [5, 5.41) is 4.29. The molecule has 96 valence electrons. The number of nitrogens with zero attached hydrogens (tertiary/aromatic N) is 3. The quantitative estimate of drug-likeness (QED) is 0.851. The number of aromatic nitrogens is 3. The van der Waals surface area contributed by atoms with E-state index in [0.29, 0.717) is 5.02 Å². The van der Waals surface area contributed by atoms with Crippen LogP contribution in [0.4, 0.5) is 5.69 Å². The van der Waals surface area contributed by atoms with Crippen molar-refractivity contribution in [1.29, 1.82) is 0 Å². The molecule has 0 atom stereocenters. The molecule has 0 radical (unpaired) electrons. The summed E-state index contributed by atoms with van der Waals surface area (Å²) in [7, 11) is -2.38. The Morgan fingerprint density at radius 3 is 2.72 bits per heavy atom. The Morgan fingerprint density at radius 1 is 1.44 bits per heavy atom. The van der Waals surface area contributed by atoms with E-state index in [1.165, 1.54) is 36.4 Å². The molecule has 0 unspecified atom stereocenters. The molecule has 0 amide bonds. The van der Waals surface area contributed by atoms with Crippen LogP contribution in [0, 0.1) is 0 Å². The van der Waals surface area contributed by atoms with Gasteiger partial charge in [-0.05, 0) is 13.1 Å². The molecule has 9 heteroatoms. The van der Waals surface area contributed by atoms with Crippen LogP contribution in [0.1, 0.15) is 0 Å². The van der Waals surface area contributed by atoms with Crippen molar-refractivity contribution in [3.05, 3.63) is 29.7 Å². The summed E-state index contributed by atoms with van der Waals surface area (Å²) in [4.78, 5) is 3.91. The monoisotopic (exact) mass is 287 g/mol. The van der Waals surface area contributed by atoms with Crippen molar-refractivity contribution in [2.75, 3.05) is 12.8 Å². The third-order valence-corrected chi connectivity index (χ3v) is 3.79. The Kier molecular flexibility index (Phi) is 3.24. The highest BCUT2D eigenvalue weighted by atomic mass is 35.5. The van der Waals surface area contributed by atoms with E-state index in [4.69, 9.17) is 17.3 Å². The predicted molar refractivity (Wildman–Crippen MR) is 67.0 cm³/mol. The zero-order valence-electron chi connectivity index (χ0n) is 9.33. The van der Waals surface area contributed by atoms with Gasteiger partial charge in [-0.15, -0.1) is 0 Å². The van der Waals surface area contributed by atoms with Gasteiger partial charge in [0.2, 0.25) is 10.0 Å². The van der Waals surface area contributed by atoms with E-state index in [1.807, 2.05) is 0 Å². The van der Waals surface area contributed by atoms with Gasteiger partial charge in [0, 0.05) is 0 Å². The molecular formula is C9H10ClN5O2S. The minimum Gasteiger partial charge on any atom is -0.397 e. The summed E-state index contributed by atoms with van der Waals surface area (Å²) in [5.74, 6) is 0.130. The first-order valence-corrected chi connectivity index (χ1v) is 6.70. The van der Waals surface area contributed by atoms with Gasteiger partial charge in [-0.2, -0.15) is 5.10 Å². The maximum absolute atomic E-state index is 11.9. The summed E-state index contributed by atoms with van der Waals surface area (Å²) in [6, 6.07) is 1.31. The molecular weight excluding hydrogens is 278 g/mol. The number of nitrogens with one attached hydrogen (secondary N) is 1. The predicted octanol–water partition coefficient (Wildman–Crippen LogP) is 0.411. The van der Waals surface area contributed by atoms with E-state index in [9.17, 15) is 8.42 Å². The normalized spacial score (nSPS) is 11.7. The molecule has 0 fully saturated rings. The summed E-state index contributed by atoms with van der Waals surface area (Å²) >= 11 is 5.74. The Morgan fingerprint density at radius 2 is 2.17 bits per heavy atom. The van der Waals surface area contributed by atoms with Gasteiger partial charge in [0.05, 0.1) is 29.3 Å². The SMILES string of the molecule is CNS(=O)(=O)c1cc(N)cnc1-n1cc(Cl)cn1. The lowest BCUT2D eigenvalue weighted by molar-refractivity contribution is 0.586. The minimum absolute atomic E-state index is 0.0650. The first-order valence-electron chi connectivity index (χ1n) is 4.83. The molecule has 2 aromatic heterocycles. The van der Waals surface area contributed by atoms with Gasteiger partial charge in [-0.1, -0.05) is 11.6 Å². The lowest BCUT2D eigenvalue weighted by Gasteiger charge is -2.09. The Hall–Kier alpha value is -1.64. The number of rotatable bonds is 3. The molecule has 7 nitrogen and oxygen atoms in total. The molecule has 0 spiro atoms. The van der Waals surface area contributed by atoms with Crippen LogP contribution in [0.2, 0.25) is 5.02 Å². The maximum atomic E-state index is 11.9. The van der Waals surface area contributed by atoms with Crippen molar-refractivity contribution < 1.29 is 8.42 Å². The second-order valence-corrected chi connectivity index (χ2v) is 5.69. The molecule has 0 aliphatic rings. The second kappa shape index (κ2) is 4.56. The molecule has 0 saturated heterocycles. The number of nitrogens with two attached hydrogens (primary N) is 1. The Labute approximate surface area is 109 Å². The number of sulfonamides is 1. The first kappa shape index (κ1) is 12.8. The van der Waals surface area contributed by atoms with E-state index in [0.717, 1.165) is 0 Å². The minimum atomic E-state index is -3.69. The van der Waals surface area contributed by atoms with Crippen molar-refractivity contribution in [1.82, 2.24) is 19.5 Å². The molecule has 2 aromatic rings. The number of anilines is 1. The molecule has 0 aromatic carbocycles. The van der Waals surface area contributed by atoms with Crippen LogP contribution in [0.5, 0.6) is 0 Å². The van der Waals surface area contributed by atoms with Gasteiger partial charge < -0.3 is 5.73 Å². The summed E-state index contributed by atoms with van der Waals surface area (Å²) in [6.07, 6.45) is 4.18. The zero-order valence-corrected chi connectivity index (χ0v) is 10.9. The molecule has 3 N–H and O–H groups in total. The fraction of sp³-hybridized carbons (Fsp3) is 0.111. The fourth-order valence-corrected chi connectivity index (χ4v) is 2.38. The van der Waals surface area contributed by atoms with Gasteiger partial charge in [-0.25, -0.2) is 22.8 Å². The van der Waals surface area contributed by atoms with Gasteiger partial charge in [0.1, 0.15) is 4.90 Å². The molecule has 2 rings (SSSR count). The summed E-state index contributed by atoms with van der Waals surface area (Å²) in [5.41, 5.74) is 5.79. The lowest BCUT2D eigenvalue weighted by atomic mass is 10.4. The highest BCUT2D eigenvalue weighted by Crippen LogP contribution is 2.20. The number of hydrogen-bond acceptors (Lipinski definition) is 5. The van der Waals surface area contributed by atoms with Gasteiger partial charge in [0.15, 0.2) is 5.82 Å². The number of hydrogen-bond donors (Lipinski definition) is 2. The molecule has 0 saturated carbocycles.